The average molecular weight is 285 g/mol. The van der Waals surface area contributed by atoms with Crippen molar-refractivity contribution in [2.75, 3.05) is 0 Å². The Morgan fingerprint density at radius 1 is 1.05 bits per heavy atom. The molecule has 3 rings (SSSR count). The van der Waals surface area contributed by atoms with Crippen molar-refractivity contribution < 1.29 is 4.79 Å². The Bertz CT molecular complexity index is 673. The second kappa shape index (κ2) is 5.41. The third kappa shape index (κ3) is 2.38. The van der Waals surface area contributed by atoms with E-state index in [4.69, 9.17) is 11.6 Å². The number of benzene rings is 2. The smallest absolute Gasteiger partial charge is 0.194 e. The highest BCUT2D eigenvalue weighted by Gasteiger charge is 2.16. The predicted molar refractivity (Wildman–Crippen MR) is 82.7 cm³/mol. The van der Waals surface area contributed by atoms with Gasteiger partial charge in [-0.2, -0.15) is 0 Å². The maximum atomic E-state index is 12.6. The molecule has 0 bridgehead atoms. The average Bonchev–Trinajstić information content (AvgIpc) is 2.49. The van der Waals surface area contributed by atoms with Gasteiger partial charge in [-0.1, -0.05) is 35.9 Å². The summed E-state index contributed by atoms with van der Waals surface area (Å²) < 4.78 is 0. The monoisotopic (exact) mass is 284 g/mol. The number of hydrogen-bond acceptors (Lipinski definition) is 1. The number of aryl methyl sites for hydroxylation is 3. The lowest BCUT2D eigenvalue weighted by atomic mass is 9.89. The number of ketones is 1. The molecule has 102 valence electrons. The van der Waals surface area contributed by atoms with Crippen LogP contribution in [0.3, 0.4) is 0 Å². The van der Waals surface area contributed by atoms with E-state index < -0.39 is 0 Å². The summed E-state index contributed by atoms with van der Waals surface area (Å²) in [4.78, 5) is 12.6. The Labute approximate surface area is 124 Å². The van der Waals surface area contributed by atoms with Crippen molar-refractivity contribution in [3.8, 4) is 0 Å². The number of carbonyl (C=O) groups excluding carboxylic acids is 1. The van der Waals surface area contributed by atoms with E-state index >= 15 is 0 Å². The quantitative estimate of drug-likeness (QED) is 0.727. The van der Waals surface area contributed by atoms with Gasteiger partial charge in [-0.25, -0.2) is 0 Å². The molecule has 1 nitrogen and oxygen atoms in total. The van der Waals surface area contributed by atoms with Crippen LogP contribution in [0.4, 0.5) is 0 Å². The SMILES string of the molecule is Cc1cccc(C(=O)c2ccc3c(c2)CCCC3)c1Cl. The summed E-state index contributed by atoms with van der Waals surface area (Å²) in [7, 11) is 0. The van der Waals surface area contributed by atoms with Crippen LogP contribution >= 0.6 is 11.6 Å². The first-order valence-corrected chi connectivity index (χ1v) is 7.46. The highest BCUT2D eigenvalue weighted by Crippen LogP contribution is 2.26. The minimum absolute atomic E-state index is 0.0204. The summed E-state index contributed by atoms with van der Waals surface area (Å²) in [6, 6.07) is 11.7. The highest BCUT2D eigenvalue weighted by molar-refractivity contribution is 6.35. The van der Waals surface area contributed by atoms with Crippen molar-refractivity contribution in [1.82, 2.24) is 0 Å². The maximum absolute atomic E-state index is 12.6. The van der Waals surface area contributed by atoms with E-state index in [1.165, 1.54) is 24.0 Å². The Kier molecular flexibility index (Phi) is 3.62. The fourth-order valence-corrected chi connectivity index (χ4v) is 3.06. The van der Waals surface area contributed by atoms with Crippen LogP contribution in [0.15, 0.2) is 36.4 Å². The van der Waals surface area contributed by atoms with Crippen LogP contribution in [0.1, 0.15) is 45.5 Å². The van der Waals surface area contributed by atoms with Gasteiger partial charge in [-0.05, 0) is 61.4 Å². The maximum Gasteiger partial charge on any atom is 0.194 e. The molecule has 0 saturated carbocycles. The van der Waals surface area contributed by atoms with Gasteiger partial charge in [-0.15, -0.1) is 0 Å². The van der Waals surface area contributed by atoms with E-state index in [2.05, 4.69) is 12.1 Å². The van der Waals surface area contributed by atoms with Crippen molar-refractivity contribution >= 4 is 17.4 Å². The molecule has 0 aromatic heterocycles. The van der Waals surface area contributed by atoms with E-state index in [1.807, 2.05) is 25.1 Å². The molecule has 0 aliphatic heterocycles. The van der Waals surface area contributed by atoms with Gasteiger partial charge < -0.3 is 0 Å². The molecule has 0 N–H and O–H groups in total. The summed E-state index contributed by atoms with van der Waals surface area (Å²) in [5, 5.41) is 0.565. The zero-order chi connectivity index (χ0) is 14.1. The molecule has 2 heteroatoms. The second-order valence-electron chi connectivity index (χ2n) is 5.46. The van der Waals surface area contributed by atoms with Gasteiger partial charge in [-0.3, -0.25) is 4.79 Å². The fraction of sp³-hybridized carbons (Fsp3) is 0.278. The highest BCUT2D eigenvalue weighted by atomic mass is 35.5. The van der Waals surface area contributed by atoms with Crippen LogP contribution < -0.4 is 0 Å². The summed E-state index contributed by atoms with van der Waals surface area (Å²) >= 11 is 6.26. The third-order valence-electron chi connectivity index (χ3n) is 4.05. The molecule has 0 fully saturated rings. The van der Waals surface area contributed by atoms with Gasteiger partial charge in [0.1, 0.15) is 0 Å². The molecule has 2 aromatic carbocycles. The van der Waals surface area contributed by atoms with Crippen molar-refractivity contribution in [2.24, 2.45) is 0 Å². The van der Waals surface area contributed by atoms with Crippen LogP contribution in [-0.2, 0) is 12.8 Å². The van der Waals surface area contributed by atoms with Gasteiger partial charge in [0.15, 0.2) is 5.78 Å². The van der Waals surface area contributed by atoms with Gasteiger partial charge in [0, 0.05) is 11.1 Å². The predicted octanol–water partition coefficient (Wildman–Crippen LogP) is 4.76. The summed E-state index contributed by atoms with van der Waals surface area (Å²) in [5.74, 6) is 0.0204. The standard InChI is InChI=1S/C18H17ClO/c1-12-5-4-8-16(17(12)19)18(20)15-10-9-13-6-2-3-7-14(13)11-15/h4-5,8-11H,2-3,6-7H2,1H3. The number of fused-ring (bicyclic) bond motifs is 1. The van der Waals surface area contributed by atoms with Crippen LogP contribution in [0, 0.1) is 6.92 Å². The van der Waals surface area contributed by atoms with E-state index in [9.17, 15) is 4.79 Å². The van der Waals surface area contributed by atoms with E-state index in [0.717, 1.165) is 24.0 Å². The van der Waals surface area contributed by atoms with Crippen LogP contribution in [0.25, 0.3) is 0 Å². The zero-order valence-electron chi connectivity index (χ0n) is 11.6. The van der Waals surface area contributed by atoms with Crippen molar-refractivity contribution in [1.29, 1.82) is 0 Å². The van der Waals surface area contributed by atoms with Crippen molar-refractivity contribution in [3.63, 3.8) is 0 Å². The zero-order valence-corrected chi connectivity index (χ0v) is 12.3. The van der Waals surface area contributed by atoms with Crippen LogP contribution in [-0.4, -0.2) is 5.78 Å². The number of halogens is 1. The summed E-state index contributed by atoms with van der Waals surface area (Å²) in [6.07, 6.45) is 4.69. The first-order valence-electron chi connectivity index (χ1n) is 7.08. The fourth-order valence-electron chi connectivity index (χ4n) is 2.85. The van der Waals surface area contributed by atoms with Gasteiger partial charge in [0.05, 0.1) is 5.02 Å². The molecule has 0 radical (unpaired) electrons. The molecule has 0 atom stereocenters. The summed E-state index contributed by atoms with van der Waals surface area (Å²) in [5.41, 5.74) is 5.00. The van der Waals surface area contributed by atoms with E-state index in [1.54, 1.807) is 6.07 Å². The minimum atomic E-state index is 0.0204. The third-order valence-corrected chi connectivity index (χ3v) is 4.55. The van der Waals surface area contributed by atoms with Gasteiger partial charge in [0.25, 0.3) is 0 Å². The molecule has 2 aromatic rings. The molecule has 0 saturated heterocycles. The molecular weight excluding hydrogens is 268 g/mol. The molecule has 0 heterocycles. The molecule has 1 aliphatic carbocycles. The Hall–Kier alpha value is -1.60. The molecule has 1 aliphatic rings. The lowest BCUT2D eigenvalue weighted by Gasteiger charge is -2.16. The number of rotatable bonds is 2. The second-order valence-corrected chi connectivity index (χ2v) is 5.83. The lowest BCUT2D eigenvalue weighted by molar-refractivity contribution is 0.103. The van der Waals surface area contributed by atoms with Crippen LogP contribution in [0.5, 0.6) is 0 Å². The van der Waals surface area contributed by atoms with Gasteiger partial charge >= 0.3 is 0 Å². The molecule has 0 spiro atoms. The Morgan fingerprint density at radius 2 is 1.80 bits per heavy atom. The largest absolute Gasteiger partial charge is 0.289 e. The molecule has 0 unspecified atom stereocenters. The first kappa shape index (κ1) is 13.4. The number of hydrogen-bond donors (Lipinski definition) is 0. The minimum Gasteiger partial charge on any atom is -0.289 e. The Morgan fingerprint density at radius 3 is 2.60 bits per heavy atom. The van der Waals surface area contributed by atoms with Crippen molar-refractivity contribution in [3.05, 3.63) is 69.2 Å². The van der Waals surface area contributed by atoms with Crippen molar-refractivity contribution in [2.45, 2.75) is 32.6 Å². The van der Waals surface area contributed by atoms with Gasteiger partial charge in [0.2, 0.25) is 0 Å². The Balaban J connectivity index is 2.00. The van der Waals surface area contributed by atoms with E-state index in [0.29, 0.717) is 10.6 Å². The molecular formula is C18H17ClO. The van der Waals surface area contributed by atoms with Crippen LogP contribution in [0.2, 0.25) is 5.02 Å². The topological polar surface area (TPSA) is 17.1 Å². The lowest BCUT2D eigenvalue weighted by Crippen LogP contribution is -2.07. The molecule has 0 amide bonds. The van der Waals surface area contributed by atoms with E-state index in [-0.39, 0.29) is 5.78 Å². The first-order chi connectivity index (χ1) is 9.66. The molecule has 20 heavy (non-hydrogen) atoms. The number of carbonyl (C=O) groups is 1. The normalized spacial score (nSPS) is 13.9. The summed E-state index contributed by atoms with van der Waals surface area (Å²) in [6.45, 7) is 1.92.